The number of ether oxygens (including phenoxy) is 1. The number of aromatic nitrogens is 1. The van der Waals surface area contributed by atoms with Crippen molar-refractivity contribution < 1.29 is 20.2 Å². The minimum Gasteiger partial charge on any atom is -0.497 e. The molecule has 150 valence electrons. The summed E-state index contributed by atoms with van der Waals surface area (Å²) in [6.07, 6.45) is 2.15. The summed E-state index contributed by atoms with van der Waals surface area (Å²) in [5.41, 5.74) is 2.88. The van der Waals surface area contributed by atoms with Crippen molar-refractivity contribution in [2.24, 2.45) is 0 Å². The van der Waals surface area contributed by atoms with E-state index >= 15 is 0 Å². The topological polar surface area (TPSA) is 91.3 Å². The van der Waals surface area contributed by atoms with E-state index in [9.17, 15) is 10.0 Å². The number of hydrogen-bond donors (Lipinski definition) is 3. The van der Waals surface area contributed by atoms with Gasteiger partial charge in [-0.3, -0.25) is 0 Å². The molecule has 8 heteroatoms. The fraction of sp³-hybridized carbons (Fsp3) is 0.143. The Kier molecular flexibility index (Phi) is 7.02. The van der Waals surface area contributed by atoms with E-state index < -0.39 is 0 Å². The summed E-state index contributed by atoms with van der Waals surface area (Å²) >= 11 is 6.19. The first kappa shape index (κ1) is 20.6. The smallest absolute Gasteiger partial charge is 0.327 e. The molecule has 2 aromatic carbocycles. The number of anilines is 2. The molecule has 3 aromatic rings. The fourth-order valence-electron chi connectivity index (χ4n) is 2.85. The number of quaternary nitrogens is 1. The number of carbonyl (C=O) groups is 1. The summed E-state index contributed by atoms with van der Waals surface area (Å²) in [7, 11) is 1.58. The summed E-state index contributed by atoms with van der Waals surface area (Å²) in [4.78, 5) is 18.8. The molecule has 0 radical (unpaired) electrons. The van der Waals surface area contributed by atoms with Gasteiger partial charge in [-0.1, -0.05) is 29.8 Å². The molecule has 2 amide bonds. The number of hydrogen-bond acceptors (Lipinski definition) is 4. The third-order valence-electron chi connectivity index (χ3n) is 4.33. The lowest BCUT2D eigenvalue weighted by Gasteiger charge is -2.23. The van der Waals surface area contributed by atoms with Gasteiger partial charge in [0, 0.05) is 23.8 Å². The summed E-state index contributed by atoms with van der Waals surface area (Å²) in [6.45, 7) is 0.389. The number of rotatable bonds is 7. The van der Waals surface area contributed by atoms with Gasteiger partial charge < -0.3 is 10.1 Å². The number of amides is 2. The number of nitrogens with one attached hydrogen (secondary N) is 1. The zero-order chi connectivity index (χ0) is 20.6. The molecular formula is C21H22ClN4O3+. The molecule has 0 unspecified atom stereocenters. The predicted molar refractivity (Wildman–Crippen MR) is 111 cm³/mol. The highest BCUT2D eigenvalue weighted by Crippen LogP contribution is 2.29. The molecule has 3 rings (SSSR count). The molecule has 1 aromatic heterocycles. The van der Waals surface area contributed by atoms with Gasteiger partial charge in [-0.05, 0) is 48.4 Å². The van der Waals surface area contributed by atoms with Crippen molar-refractivity contribution in [1.82, 2.24) is 10.3 Å². The number of methoxy groups -OCH3 is 1. The maximum Gasteiger partial charge on any atom is 0.327 e. The number of carbonyl (C=O) groups excluding carboxylic acids is 1. The van der Waals surface area contributed by atoms with Gasteiger partial charge in [0.05, 0.1) is 12.8 Å². The second kappa shape index (κ2) is 9.88. The van der Waals surface area contributed by atoms with Crippen LogP contribution in [0.1, 0.15) is 5.56 Å². The van der Waals surface area contributed by atoms with Crippen molar-refractivity contribution in [3.8, 4) is 5.75 Å². The van der Waals surface area contributed by atoms with Crippen LogP contribution in [0.3, 0.4) is 0 Å². The van der Waals surface area contributed by atoms with Gasteiger partial charge in [-0.25, -0.2) is 19.9 Å². The largest absolute Gasteiger partial charge is 0.497 e. The average molecular weight is 414 g/mol. The van der Waals surface area contributed by atoms with E-state index in [2.05, 4.69) is 10.3 Å². The Morgan fingerprint density at radius 3 is 2.62 bits per heavy atom. The molecule has 0 atom stereocenters. The predicted octanol–water partition coefficient (Wildman–Crippen LogP) is 3.42. The van der Waals surface area contributed by atoms with Gasteiger partial charge in [0.25, 0.3) is 0 Å². The van der Waals surface area contributed by atoms with Crippen LogP contribution in [0.2, 0.25) is 5.02 Å². The molecule has 29 heavy (non-hydrogen) atoms. The van der Waals surface area contributed by atoms with Gasteiger partial charge in [0.2, 0.25) is 11.5 Å². The van der Waals surface area contributed by atoms with E-state index in [1.165, 1.54) is 4.90 Å². The zero-order valence-electron chi connectivity index (χ0n) is 15.9. The van der Waals surface area contributed by atoms with Crippen LogP contribution in [-0.4, -0.2) is 29.9 Å². The first-order valence-electron chi connectivity index (χ1n) is 9.02. The quantitative estimate of drug-likeness (QED) is 0.517. The van der Waals surface area contributed by atoms with Crippen LogP contribution >= 0.6 is 11.6 Å². The first-order chi connectivity index (χ1) is 14.1. The molecule has 4 N–H and O–H groups in total. The van der Waals surface area contributed by atoms with Gasteiger partial charge in [0.15, 0.2) is 0 Å². The van der Waals surface area contributed by atoms with Crippen molar-refractivity contribution in [2.75, 3.05) is 18.6 Å². The average Bonchev–Trinajstić information content (AvgIpc) is 2.76. The Morgan fingerprint density at radius 2 is 1.93 bits per heavy atom. The summed E-state index contributed by atoms with van der Waals surface area (Å²) in [5, 5.41) is 13.1. The number of benzene rings is 2. The van der Waals surface area contributed by atoms with E-state index in [1.54, 1.807) is 49.7 Å². The minimum absolute atomic E-state index is 0.315. The van der Waals surface area contributed by atoms with Gasteiger partial charge in [-0.2, -0.15) is 5.48 Å². The van der Waals surface area contributed by atoms with Crippen LogP contribution < -0.4 is 20.4 Å². The van der Waals surface area contributed by atoms with Gasteiger partial charge >= 0.3 is 6.03 Å². The molecule has 0 fully saturated rings. The van der Waals surface area contributed by atoms with Crippen LogP contribution in [0.15, 0.2) is 66.9 Å². The van der Waals surface area contributed by atoms with Crippen LogP contribution in [0.5, 0.6) is 5.75 Å². The monoisotopic (exact) mass is 413 g/mol. The summed E-state index contributed by atoms with van der Waals surface area (Å²) in [6, 6.07) is 17.5. The number of pyridine rings is 1. The van der Waals surface area contributed by atoms with Gasteiger partial charge in [0.1, 0.15) is 5.75 Å². The third kappa shape index (κ3) is 5.03. The molecular weight excluding hydrogens is 392 g/mol. The fourth-order valence-corrected chi connectivity index (χ4v) is 3.08. The van der Waals surface area contributed by atoms with Crippen LogP contribution in [-0.2, 0) is 6.42 Å². The van der Waals surface area contributed by atoms with Gasteiger partial charge in [-0.15, -0.1) is 0 Å². The molecule has 0 aliphatic rings. The van der Waals surface area contributed by atoms with E-state index in [0.717, 1.165) is 11.0 Å². The standard InChI is InChI=1S/C21H21ClN4O3/c1-29-17-10-8-16(9-11-17)26(20-19(25-28)7-4-13-23-20)21(27)24-14-12-15-5-2-3-6-18(15)22/h2-11,13,25,28H,12,14H2,1H3,(H,24,27)/p+1. The zero-order valence-corrected chi connectivity index (χ0v) is 16.6. The Bertz CT molecular complexity index is 966. The van der Waals surface area contributed by atoms with Crippen LogP contribution in [0, 0.1) is 0 Å². The lowest BCUT2D eigenvalue weighted by atomic mass is 10.1. The molecule has 0 saturated heterocycles. The Morgan fingerprint density at radius 1 is 1.17 bits per heavy atom. The Hall–Kier alpha value is -3.13. The van der Waals surface area contributed by atoms with E-state index in [-0.39, 0.29) is 6.03 Å². The highest BCUT2D eigenvalue weighted by molar-refractivity contribution is 6.31. The number of halogens is 1. The van der Waals surface area contributed by atoms with E-state index in [1.807, 2.05) is 24.3 Å². The van der Waals surface area contributed by atoms with Crippen LogP contribution in [0.25, 0.3) is 0 Å². The molecule has 0 bridgehead atoms. The highest BCUT2D eigenvalue weighted by Gasteiger charge is 2.24. The van der Waals surface area contributed by atoms with Crippen molar-refractivity contribution in [3.05, 3.63) is 77.4 Å². The number of nitrogens with zero attached hydrogens (tertiary/aromatic N) is 2. The molecule has 0 aliphatic heterocycles. The molecule has 1 heterocycles. The van der Waals surface area contributed by atoms with E-state index in [4.69, 9.17) is 16.3 Å². The number of urea groups is 1. The molecule has 0 saturated carbocycles. The lowest BCUT2D eigenvalue weighted by Crippen LogP contribution is -2.74. The molecule has 0 aliphatic carbocycles. The van der Waals surface area contributed by atoms with Crippen molar-refractivity contribution in [2.45, 2.75) is 6.42 Å². The molecule has 7 nitrogen and oxygen atoms in total. The van der Waals surface area contributed by atoms with Crippen molar-refractivity contribution in [1.29, 1.82) is 0 Å². The Balaban J connectivity index is 1.83. The minimum atomic E-state index is -0.371. The first-order valence-corrected chi connectivity index (χ1v) is 9.39. The second-order valence-corrected chi connectivity index (χ2v) is 6.56. The second-order valence-electron chi connectivity index (χ2n) is 6.15. The maximum atomic E-state index is 13.1. The lowest BCUT2D eigenvalue weighted by molar-refractivity contribution is -0.825. The van der Waals surface area contributed by atoms with Crippen LogP contribution in [0.4, 0.5) is 22.0 Å². The Labute approximate surface area is 173 Å². The molecule has 0 spiro atoms. The third-order valence-corrected chi connectivity index (χ3v) is 4.70. The van der Waals surface area contributed by atoms with Crippen molar-refractivity contribution >= 4 is 34.8 Å². The maximum absolute atomic E-state index is 13.1. The SMILES string of the molecule is COc1ccc(N(C(=O)NCCc2ccccc2Cl)c2ncccc2[NH2+]O)cc1. The van der Waals surface area contributed by atoms with Crippen molar-refractivity contribution in [3.63, 3.8) is 0 Å². The highest BCUT2D eigenvalue weighted by atomic mass is 35.5. The van der Waals surface area contributed by atoms with E-state index in [0.29, 0.717) is 40.9 Å². The summed E-state index contributed by atoms with van der Waals surface area (Å²) < 4.78 is 5.19. The normalized spacial score (nSPS) is 10.4. The number of nitrogens with two attached hydrogens (primary N) is 1. The summed E-state index contributed by atoms with van der Waals surface area (Å²) in [5.74, 6) is 0.984.